The first-order valence-electron chi connectivity index (χ1n) is 11.9. The molecular formula is C26H23ClN6O3S2. The molecule has 1 aliphatic rings. The van der Waals surface area contributed by atoms with E-state index >= 15 is 0 Å². The van der Waals surface area contributed by atoms with Gasteiger partial charge in [-0.2, -0.15) is 5.10 Å². The van der Waals surface area contributed by atoms with Gasteiger partial charge in [-0.15, -0.1) is 11.3 Å². The zero-order chi connectivity index (χ0) is 26.3. The molecule has 0 unspecified atom stereocenters. The van der Waals surface area contributed by atoms with Crippen molar-refractivity contribution in [1.29, 1.82) is 0 Å². The maximum absolute atomic E-state index is 13.4. The third-order valence-electron chi connectivity index (χ3n) is 6.29. The number of benzene rings is 1. The molecule has 194 valence electrons. The van der Waals surface area contributed by atoms with Gasteiger partial charge < -0.3 is 9.64 Å². The van der Waals surface area contributed by atoms with Crippen LogP contribution in [0.2, 0.25) is 5.02 Å². The van der Waals surface area contributed by atoms with Crippen LogP contribution in [0, 0.1) is 6.92 Å². The molecule has 12 heteroatoms. The van der Waals surface area contributed by atoms with E-state index in [1.165, 1.54) is 23.5 Å². The summed E-state index contributed by atoms with van der Waals surface area (Å²) in [4.78, 5) is 13.2. The summed E-state index contributed by atoms with van der Waals surface area (Å²) in [6.45, 7) is 4.70. The fourth-order valence-corrected chi connectivity index (χ4v) is 7.16. The van der Waals surface area contributed by atoms with Gasteiger partial charge in [-0.1, -0.05) is 17.7 Å². The first-order chi connectivity index (χ1) is 18.4. The first-order valence-corrected chi connectivity index (χ1v) is 14.6. The number of ether oxygens (including phenoxy) is 1. The highest BCUT2D eigenvalue weighted by molar-refractivity contribution is 7.92. The summed E-state index contributed by atoms with van der Waals surface area (Å²) in [5, 5.41) is 8.06. The van der Waals surface area contributed by atoms with Crippen LogP contribution in [0.15, 0.2) is 66.1 Å². The van der Waals surface area contributed by atoms with Crippen LogP contribution in [-0.2, 0) is 14.8 Å². The van der Waals surface area contributed by atoms with Crippen LogP contribution in [-0.4, -0.2) is 54.9 Å². The predicted molar refractivity (Wildman–Crippen MR) is 150 cm³/mol. The van der Waals surface area contributed by atoms with Gasteiger partial charge in [0.1, 0.15) is 4.83 Å². The van der Waals surface area contributed by atoms with Crippen molar-refractivity contribution < 1.29 is 13.2 Å². The Morgan fingerprint density at radius 2 is 1.95 bits per heavy atom. The molecule has 5 aromatic rings. The van der Waals surface area contributed by atoms with Gasteiger partial charge >= 0.3 is 0 Å². The fraction of sp³-hybridized carbons (Fsp3) is 0.192. The molecule has 1 aromatic carbocycles. The quantitative estimate of drug-likeness (QED) is 0.285. The van der Waals surface area contributed by atoms with Gasteiger partial charge in [-0.05, 0) is 37.3 Å². The van der Waals surface area contributed by atoms with Crippen molar-refractivity contribution >= 4 is 54.6 Å². The Balaban J connectivity index is 1.56. The molecule has 9 nitrogen and oxygen atoms in total. The molecule has 0 radical (unpaired) electrons. The van der Waals surface area contributed by atoms with Crippen LogP contribution in [0.5, 0.6) is 0 Å². The minimum absolute atomic E-state index is 0.0791. The monoisotopic (exact) mass is 566 g/mol. The van der Waals surface area contributed by atoms with Crippen LogP contribution in [0.1, 0.15) is 5.69 Å². The zero-order valence-electron chi connectivity index (χ0n) is 20.3. The van der Waals surface area contributed by atoms with Crippen molar-refractivity contribution in [2.45, 2.75) is 11.8 Å². The van der Waals surface area contributed by atoms with E-state index in [4.69, 9.17) is 21.3 Å². The van der Waals surface area contributed by atoms with Gasteiger partial charge in [0, 0.05) is 63.2 Å². The number of nitrogens with zero attached hydrogens (tertiary/aromatic N) is 4. The number of hydrogen-bond donors (Lipinski definition) is 2. The zero-order valence-corrected chi connectivity index (χ0v) is 22.7. The van der Waals surface area contributed by atoms with E-state index in [1.807, 2.05) is 19.3 Å². The summed E-state index contributed by atoms with van der Waals surface area (Å²) in [7, 11) is -3.93. The normalized spacial score (nSPS) is 14.2. The number of nitrogens with one attached hydrogen (secondary N) is 2. The Bertz CT molecular complexity index is 1730. The molecule has 0 atom stereocenters. The highest BCUT2D eigenvalue weighted by Crippen LogP contribution is 2.47. The average Bonchev–Trinajstić information content (AvgIpc) is 3.57. The fourth-order valence-electron chi connectivity index (χ4n) is 4.55. The summed E-state index contributed by atoms with van der Waals surface area (Å²) in [6, 6.07) is 10.0. The van der Waals surface area contributed by atoms with E-state index in [0.29, 0.717) is 39.8 Å². The minimum Gasteiger partial charge on any atom is -0.378 e. The van der Waals surface area contributed by atoms with Crippen LogP contribution in [0.25, 0.3) is 31.8 Å². The molecule has 0 spiro atoms. The molecule has 4 aromatic heterocycles. The topological polar surface area (TPSA) is 113 Å². The predicted octanol–water partition coefficient (Wildman–Crippen LogP) is 5.35. The number of sulfonamides is 1. The van der Waals surface area contributed by atoms with E-state index in [2.05, 4.69) is 30.9 Å². The van der Waals surface area contributed by atoms with E-state index < -0.39 is 10.0 Å². The van der Waals surface area contributed by atoms with Crippen molar-refractivity contribution in [3.05, 3.63) is 71.9 Å². The molecule has 0 aliphatic carbocycles. The van der Waals surface area contributed by atoms with Crippen molar-refractivity contribution in [2.75, 3.05) is 35.9 Å². The lowest BCUT2D eigenvalue weighted by Crippen LogP contribution is -2.36. The molecule has 0 bridgehead atoms. The molecular weight excluding hydrogens is 544 g/mol. The largest absolute Gasteiger partial charge is 0.378 e. The Morgan fingerprint density at radius 3 is 2.71 bits per heavy atom. The molecule has 1 fully saturated rings. The number of pyridine rings is 2. The number of halogens is 1. The van der Waals surface area contributed by atoms with Crippen LogP contribution in [0.4, 0.5) is 11.4 Å². The molecule has 0 amide bonds. The van der Waals surface area contributed by atoms with Gasteiger partial charge in [-0.3, -0.25) is 14.8 Å². The standard InChI is InChI=1S/C26H23ClN6O3S2/c1-16-9-22(32-38(34,35)21-4-2-3-19(27)11-21)24-23(25(37-26(24)31-16)18-13-29-30-14-18)17-10-20(15-28-12-17)33-5-7-36-8-6-33/h2-4,9-15H,5-8H2,1H3,(H,29,30)(H,31,32). The number of rotatable bonds is 6. The lowest BCUT2D eigenvalue weighted by Gasteiger charge is -2.28. The van der Waals surface area contributed by atoms with Crippen molar-refractivity contribution in [3.8, 4) is 21.6 Å². The van der Waals surface area contributed by atoms with E-state index in [-0.39, 0.29) is 4.90 Å². The second-order valence-electron chi connectivity index (χ2n) is 8.88. The number of hydrogen-bond acceptors (Lipinski definition) is 8. The highest BCUT2D eigenvalue weighted by atomic mass is 35.5. The molecule has 1 saturated heterocycles. The van der Waals surface area contributed by atoms with Gasteiger partial charge in [-0.25, -0.2) is 13.4 Å². The lowest BCUT2D eigenvalue weighted by atomic mass is 10.0. The van der Waals surface area contributed by atoms with Gasteiger partial charge in [0.2, 0.25) is 0 Å². The number of aryl methyl sites for hydroxylation is 1. The molecule has 38 heavy (non-hydrogen) atoms. The molecule has 0 saturated carbocycles. The second-order valence-corrected chi connectivity index (χ2v) is 12.0. The Labute approximate surface area is 228 Å². The maximum atomic E-state index is 13.4. The smallest absolute Gasteiger partial charge is 0.261 e. The number of aromatic amines is 1. The van der Waals surface area contributed by atoms with Gasteiger partial charge in [0.05, 0.1) is 41.9 Å². The molecule has 2 N–H and O–H groups in total. The number of fused-ring (bicyclic) bond motifs is 1. The molecule has 5 heterocycles. The Morgan fingerprint density at radius 1 is 1.11 bits per heavy atom. The summed E-state index contributed by atoms with van der Waals surface area (Å²) >= 11 is 7.57. The lowest BCUT2D eigenvalue weighted by molar-refractivity contribution is 0.122. The van der Waals surface area contributed by atoms with Crippen LogP contribution >= 0.6 is 22.9 Å². The SMILES string of the molecule is Cc1cc(NS(=O)(=O)c2cccc(Cl)c2)c2c(-c3cncc(N4CCOCC4)c3)c(-c3cn[nH]c3)sc2n1. The maximum Gasteiger partial charge on any atom is 0.261 e. The van der Waals surface area contributed by atoms with Crippen molar-refractivity contribution in [2.24, 2.45) is 0 Å². The van der Waals surface area contributed by atoms with Gasteiger partial charge in [0.15, 0.2) is 0 Å². The highest BCUT2D eigenvalue weighted by Gasteiger charge is 2.24. The van der Waals surface area contributed by atoms with E-state index in [0.717, 1.165) is 40.3 Å². The molecule has 6 rings (SSSR count). The van der Waals surface area contributed by atoms with Crippen molar-refractivity contribution in [1.82, 2.24) is 20.2 Å². The van der Waals surface area contributed by atoms with Crippen molar-refractivity contribution in [3.63, 3.8) is 0 Å². The summed E-state index contributed by atoms with van der Waals surface area (Å²) < 4.78 is 35.2. The minimum atomic E-state index is -3.93. The Hall–Kier alpha value is -3.51. The van der Waals surface area contributed by atoms with E-state index in [1.54, 1.807) is 30.6 Å². The van der Waals surface area contributed by atoms with Gasteiger partial charge in [0.25, 0.3) is 10.0 Å². The van der Waals surface area contributed by atoms with Crippen LogP contribution < -0.4 is 9.62 Å². The molecule has 1 aliphatic heterocycles. The third kappa shape index (κ3) is 4.73. The summed E-state index contributed by atoms with van der Waals surface area (Å²) in [5.74, 6) is 0. The van der Waals surface area contributed by atoms with E-state index in [9.17, 15) is 8.42 Å². The number of morpholine rings is 1. The Kier molecular flexibility index (Phi) is 6.52. The summed E-state index contributed by atoms with van der Waals surface area (Å²) in [6.07, 6.45) is 7.20. The first kappa shape index (κ1) is 24.8. The number of thiophene rings is 1. The van der Waals surface area contributed by atoms with Crippen LogP contribution in [0.3, 0.4) is 0 Å². The number of anilines is 2. The second kappa shape index (κ2) is 9.99. The summed E-state index contributed by atoms with van der Waals surface area (Å²) in [5.41, 5.74) is 4.67. The number of H-pyrrole nitrogens is 1. The third-order valence-corrected chi connectivity index (χ3v) is 9.02. The number of aromatic nitrogens is 4. The average molecular weight is 567 g/mol.